The van der Waals surface area contributed by atoms with Gasteiger partial charge in [0.15, 0.2) is 5.79 Å². The molecule has 268 valence electrons. The third-order valence-electron chi connectivity index (χ3n) is 8.80. The van der Waals surface area contributed by atoms with Crippen LogP contribution < -0.4 is 10.6 Å². The second-order valence-electron chi connectivity index (χ2n) is 14.8. The lowest BCUT2D eigenvalue weighted by atomic mass is 9.85. The molecule has 1 fully saturated rings. The van der Waals surface area contributed by atoms with Crippen LogP contribution in [-0.2, 0) is 28.6 Å². The molecular formula is C38H64N2O7. The fourth-order valence-electron chi connectivity index (χ4n) is 5.56. The molecule has 2 N–H and O–H groups in total. The zero-order valence-corrected chi connectivity index (χ0v) is 30.4. The second-order valence-corrected chi connectivity index (χ2v) is 14.8. The summed E-state index contributed by atoms with van der Waals surface area (Å²) in [5.74, 6) is -1.23. The molecule has 0 radical (unpaired) electrons. The number of furan rings is 1. The third kappa shape index (κ3) is 15.9. The first-order valence-electron chi connectivity index (χ1n) is 18.0. The SMILES string of the molecule is CCCCCCCCC=CCCCCCCC(C)(C)C(=O)NC(COC(=O)CCNC(=O)C1OC(C)(C)OCC1(C)C)c1ccco1. The fraction of sp³-hybridized carbons (Fsp3) is 0.763. The molecule has 2 rings (SSSR count). The van der Waals surface area contributed by atoms with Crippen molar-refractivity contribution >= 4 is 17.8 Å². The Morgan fingerprint density at radius 1 is 0.979 bits per heavy atom. The minimum Gasteiger partial charge on any atom is -0.467 e. The summed E-state index contributed by atoms with van der Waals surface area (Å²) >= 11 is 0. The first kappa shape index (κ1) is 40.5. The summed E-state index contributed by atoms with van der Waals surface area (Å²) in [5.41, 5.74) is -1.09. The number of ether oxygens (including phenoxy) is 3. The van der Waals surface area contributed by atoms with E-state index in [1.807, 2.05) is 27.7 Å². The highest BCUT2D eigenvalue weighted by atomic mass is 16.7. The number of hydrogen-bond donors (Lipinski definition) is 2. The Morgan fingerprint density at radius 3 is 2.26 bits per heavy atom. The Bertz CT molecular complexity index is 1080. The summed E-state index contributed by atoms with van der Waals surface area (Å²) in [5, 5.41) is 5.82. The molecule has 1 aromatic heterocycles. The van der Waals surface area contributed by atoms with Crippen molar-refractivity contribution < 1.29 is 33.0 Å². The van der Waals surface area contributed by atoms with Crippen molar-refractivity contribution in [3.8, 4) is 0 Å². The van der Waals surface area contributed by atoms with Crippen molar-refractivity contribution in [3.05, 3.63) is 36.3 Å². The summed E-state index contributed by atoms with van der Waals surface area (Å²) in [6.45, 7) is 13.9. The number of unbranched alkanes of at least 4 members (excludes halogenated alkanes) is 10. The van der Waals surface area contributed by atoms with E-state index in [2.05, 4.69) is 29.7 Å². The molecule has 2 unspecified atom stereocenters. The van der Waals surface area contributed by atoms with Crippen molar-refractivity contribution in [1.29, 1.82) is 0 Å². The van der Waals surface area contributed by atoms with Crippen molar-refractivity contribution in [2.75, 3.05) is 19.8 Å². The molecule has 2 amide bonds. The monoisotopic (exact) mass is 660 g/mol. The minimum atomic E-state index is -0.861. The first-order valence-corrected chi connectivity index (χ1v) is 18.0. The maximum atomic E-state index is 13.3. The third-order valence-corrected chi connectivity index (χ3v) is 8.80. The number of amides is 2. The van der Waals surface area contributed by atoms with Crippen LogP contribution in [0, 0.1) is 10.8 Å². The van der Waals surface area contributed by atoms with Gasteiger partial charge < -0.3 is 29.3 Å². The van der Waals surface area contributed by atoms with Crippen LogP contribution in [0.25, 0.3) is 0 Å². The molecule has 0 saturated carbocycles. The fourth-order valence-corrected chi connectivity index (χ4v) is 5.56. The minimum absolute atomic E-state index is 0.0159. The van der Waals surface area contributed by atoms with Gasteiger partial charge in [0.25, 0.3) is 0 Å². The average molecular weight is 661 g/mol. The summed E-state index contributed by atoms with van der Waals surface area (Å²) in [6.07, 6.45) is 21.0. The lowest BCUT2D eigenvalue weighted by molar-refractivity contribution is -0.304. The molecule has 47 heavy (non-hydrogen) atoms. The molecule has 1 aliphatic rings. The van der Waals surface area contributed by atoms with E-state index in [0.29, 0.717) is 12.4 Å². The maximum absolute atomic E-state index is 13.3. The Kier molecular flexibility index (Phi) is 17.8. The number of hydrogen-bond acceptors (Lipinski definition) is 7. The summed E-state index contributed by atoms with van der Waals surface area (Å²) < 4.78 is 22.6. The molecule has 2 heterocycles. The van der Waals surface area contributed by atoms with E-state index >= 15 is 0 Å². The van der Waals surface area contributed by atoms with Gasteiger partial charge in [-0.2, -0.15) is 0 Å². The quantitative estimate of drug-likeness (QED) is 0.0689. The van der Waals surface area contributed by atoms with Gasteiger partial charge in [-0.25, -0.2) is 0 Å². The molecule has 0 aliphatic carbocycles. The zero-order chi connectivity index (χ0) is 34.8. The highest BCUT2D eigenvalue weighted by Gasteiger charge is 2.45. The van der Waals surface area contributed by atoms with Crippen molar-refractivity contribution in [2.45, 2.75) is 156 Å². The molecule has 9 heteroatoms. The molecule has 1 aliphatic heterocycles. The van der Waals surface area contributed by atoms with E-state index in [1.54, 1.807) is 26.0 Å². The van der Waals surface area contributed by atoms with Crippen LogP contribution in [0.15, 0.2) is 35.0 Å². The Hall–Kier alpha value is -2.65. The highest BCUT2D eigenvalue weighted by Crippen LogP contribution is 2.35. The Morgan fingerprint density at radius 2 is 1.62 bits per heavy atom. The lowest BCUT2D eigenvalue weighted by Gasteiger charge is -2.44. The van der Waals surface area contributed by atoms with Crippen molar-refractivity contribution in [3.63, 3.8) is 0 Å². The molecule has 1 aromatic rings. The topological polar surface area (TPSA) is 116 Å². The van der Waals surface area contributed by atoms with E-state index < -0.39 is 34.7 Å². The van der Waals surface area contributed by atoms with Gasteiger partial charge in [-0.05, 0) is 58.1 Å². The van der Waals surface area contributed by atoms with Crippen LogP contribution in [0.4, 0.5) is 0 Å². The van der Waals surface area contributed by atoms with E-state index in [1.165, 1.54) is 57.6 Å². The highest BCUT2D eigenvalue weighted by molar-refractivity contribution is 5.83. The lowest BCUT2D eigenvalue weighted by Crippen LogP contribution is -2.56. The van der Waals surface area contributed by atoms with Crippen molar-refractivity contribution in [1.82, 2.24) is 10.6 Å². The van der Waals surface area contributed by atoms with E-state index in [9.17, 15) is 14.4 Å². The normalized spacial score (nSPS) is 18.1. The smallest absolute Gasteiger partial charge is 0.307 e. The van der Waals surface area contributed by atoms with Gasteiger partial charge in [0, 0.05) is 17.4 Å². The molecule has 1 saturated heterocycles. The van der Waals surface area contributed by atoms with Gasteiger partial charge in [0.1, 0.15) is 24.5 Å². The number of rotatable bonds is 23. The van der Waals surface area contributed by atoms with E-state index in [0.717, 1.165) is 32.1 Å². The van der Waals surface area contributed by atoms with Crippen LogP contribution >= 0.6 is 0 Å². The van der Waals surface area contributed by atoms with Crippen LogP contribution in [0.3, 0.4) is 0 Å². The summed E-state index contributed by atoms with van der Waals surface area (Å²) in [4.78, 5) is 38.7. The molecule has 2 atom stereocenters. The number of esters is 1. The predicted octanol–water partition coefficient (Wildman–Crippen LogP) is 8.34. The Labute approximate surface area is 284 Å². The number of carbonyl (C=O) groups excluding carboxylic acids is 3. The average Bonchev–Trinajstić information content (AvgIpc) is 3.55. The van der Waals surface area contributed by atoms with Gasteiger partial charge >= 0.3 is 5.97 Å². The van der Waals surface area contributed by atoms with Gasteiger partial charge in [-0.1, -0.05) is 98.1 Å². The number of nitrogens with one attached hydrogen (secondary N) is 2. The van der Waals surface area contributed by atoms with Crippen LogP contribution in [0.1, 0.15) is 150 Å². The van der Waals surface area contributed by atoms with E-state index in [4.69, 9.17) is 18.6 Å². The van der Waals surface area contributed by atoms with Crippen LogP contribution in [-0.4, -0.2) is 49.4 Å². The van der Waals surface area contributed by atoms with Crippen LogP contribution in [0.2, 0.25) is 0 Å². The van der Waals surface area contributed by atoms with E-state index in [-0.39, 0.29) is 31.4 Å². The summed E-state index contributed by atoms with van der Waals surface area (Å²) in [6, 6.07) is 2.88. The molecular weight excluding hydrogens is 596 g/mol. The van der Waals surface area contributed by atoms with Gasteiger partial charge in [-0.15, -0.1) is 0 Å². The molecule has 9 nitrogen and oxygen atoms in total. The van der Waals surface area contributed by atoms with Crippen LogP contribution in [0.5, 0.6) is 0 Å². The number of carbonyl (C=O) groups is 3. The van der Waals surface area contributed by atoms with Gasteiger partial charge in [0.05, 0.1) is 19.3 Å². The number of allylic oxidation sites excluding steroid dienone is 2. The van der Waals surface area contributed by atoms with Gasteiger partial charge in [-0.3, -0.25) is 14.4 Å². The standard InChI is InChI=1S/C38H64N2O7/c1-8-9-10-11-12-13-14-15-16-17-18-19-20-21-25-36(2,3)35(43)40-30(31-23-22-27-44-31)28-45-32(41)24-26-39-34(42)33-37(4,5)29-46-38(6,7)47-33/h15-16,22-23,27,30,33H,8-14,17-21,24-26,28-29H2,1-7H3,(H,39,42)(H,40,43). The largest absolute Gasteiger partial charge is 0.467 e. The first-order chi connectivity index (χ1) is 22.3. The predicted molar refractivity (Wildman–Crippen MR) is 185 cm³/mol. The Balaban J connectivity index is 1.69. The molecule has 0 bridgehead atoms. The molecule has 0 spiro atoms. The summed E-state index contributed by atoms with van der Waals surface area (Å²) in [7, 11) is 0. The van der Waals surface area contributed by atoms with Gasteiger partial charge in [0.2, 0.25) is 11.8 Å². The zero-order valence-electron chi connectivity index (χ0n) is 30.4. The molecule has 0 aromatic carbocycles. The maximum Gasteiger partial charge on any atom is 0.307 e. The van der Waals surface area contributed by atoms with Crippen molar-refractivity contribution in [2.24, 2.45) is 10.8 Å². The second kappa shape index (κ2) is 20.7.